The summed E-state index contributed by atoms with van der Waals surface area (Å²) in [6, 6.07) is 10.8. The summed E-state index contributed by atoms with van der Waals surface area (Å²) in [5, 5.41) is 5.23. The maximum absolute atomic E-state index is 12.5. The largest absolute Gasteiger partial charge is 0.343 e. The first-order valence-electron chi connectivity index (χ1n) is 8.94. The van der Waals surface area contributed by atoms with Gasteiger partial charge in [-0.15, -0.1) is 0 Å². The molecule has 0 atom stereocenters. The second kappa shape index (κ2) is 9.51. The van der Waals surface area contributed by atoms with Crippen molar-refractivity contribution >= 4 is 43.5 Å². The number of nitrogens with one attached hydrogen (secondary N) is 2. The summed E-state index contributed by atoms with van der Waals surface area (Å²) >= 11 is 3.39. The molecule has 2 aromatic carbocycles. The van der Waals surface area contributed by atoms with Gasteiger partial charge in [0.15, 0.2) is 0 Å². The summed E-state index contributed by atoms with van der Waals surface area (Å²) in [5.74, 6) is -0.828. The van der Waals surface area contributed by atoms with E-state index in [4.69, 9.17) is 0 Å². The van der Waals surface area contributed by atoms with E-state index in [9.17, 15) is 18.0 Å². The summed E-state index contributed by atoms with van der Waals surface area (Å²) in [5.41, 5.74) is 1.88. The maximum atomic E-state index is 12.5. The summed E-state index contributed by atoms with van der Waals surface area (Å²) in [4.78, 5) is 24.4. The van der Waals surface area contributed by atoms with Crippen LogP contribution in [0, 0.1) is 6.92 Å². The van der Waals surface area contributed by atoms with Crippen molar-refractivity contribution in [3.63, 3.8) is 0 Å². The van der Waals surface area contributed by atoms with Gasteiger partial charge in [0.2, 0.25) is 15.9 Å². The first-order valence-corrected chi connectivity index (χ1v) is 11.2. The van der Waals surface area contributed by atoms with Crippen LogP contribution < -0.4 is 10.6 Å². The van der Waals surface area contributed by atoms with Gasteiger partial charge in [-0.25, -0.2) is 8.42 Å². The lowest BCUT2D eigenvalue weighted by Gasteiger charge is -2.21. The SMILES string of the molecule is Cc1cc(NC(=O)CNC(=O)c2ccc(S(=O)(=O)N(C)C(C)C)cc2)ccc1Br. The second-order valence-electron chi connectivity index (χ2n) is 6.83. The Morgan fingerprint density at radius 2 is 1.72 bits per heavy atom. The lowest BCUT2D eigenvalue weighted by atomic mass is 10.2. The number of aryl methyl sites for hydroxylation is 1. The number of amides is 2. The molecule has 0 unspecified atom stereocenters. The normalized spacial score (nSPS) is 11.6. The van der Waals surface area contributed by atoms with Crippen LogP contribution >= 0.6 is 15.9 Å². The topological polar surface area (TPSA) is 95.6 Å². The van der Waals surface area contributed by atoms with E-state index in [2.05, 4.69) is 26.6 Å². The van der Waals surface area contributed by atoms with E-state index in [1.807, 2.05) is 19.1 Å². The molecule has 156 valence electrons. The molecular formula is C20H24BrN3O4S. The zero-order valence-electron chi connectivity index (χ0n) is 16.7. The molecule has 0 radical (unpaired) electrons. The molecule has 7 nitrogen and oxygen atoms in total. The van der Waals surface area contributed by atoms with E-state index in [0.29, 0.717) is 5.69 Å². The monoisotopic (exact) mass is 481 g/mol. The van der Waals surface area contributed by atoms with Crippen molar-refractivity contribution in [2.75, 3.05) is 18.9 Å². The summed E-state index contributed by atoms with van der Waals surface area (Å²) in [6.45, 7) is 5.26. The average Bonchev–Trinajstić information content (AvgIpc) is 2.68. The van der Waals surface area contributed by atoms with Gasteiger partial charge in [-0.1, -0.05) is 15.9 Å². The zero-order valence-corrected chi connectivity index (χ0v) is 19.1. The highest BCUT2D eigenvalue weighted by molar-refractivity contribution is 9.10. The molecule has 0 spiro atoms. The van der Waals surface area contributed by atoms with Gasteiger partial charge in [-0.3, -0.25) is 9.59 Å². The summed E-state index contributed by atoms with van der Waals surface area (Å²) in [7, 11) is -2.11. The lowest BCUT2D eigenvalue weighted by molar-refractivity contribution is -0.115. The molecule has 9 heteroatoms. The first kappa shape index (κ1) is 23.1. The van der Waals surface area contributed by atoms with E-state index in [1.54, 1.807) is 19.9 Å². The molecule has 0 bridgehead atoms. The Labute approximate surface area is 179 Å². The van der Waals surface area contributed by atoms with E-state index >= 15 is 0 Å². The van der Waals surface area contributed by atoms with E-state index in [-0.39, 0.29) is 29.0 Å². The lowest BCUT2D eigenvalue weighted by Crippen LogP contribution is -2.33. The van der Waals surface area contributed by atoms with E-state index in [0.717, 1.165) is 10.0 Å². The van der Waals surface area contributed by atoms with Gasteiger partial charge in [0, 0.05) is 28.8 Å². The molecule has 0 aliphatic heterocycles. The summed E-state index contributed by atoms with van der Waals surface area (Å²) < 4.78 is 27.1. The summed E-state index contributed by atoms with van der Waals surface area (Å²) in [6.07, 6.45) is 0. The van der Waals surface area contributed by atoms with Crippen molar-refractivity contribution in [3.05, 3.63) is 58.1 Å². The number of carbonyl (C=O) groups is 2. The highest BCUT2D eigenvalue weighted by Gasteiger charge is 2.23. The Bertz CT molecular complexity index is 1000. The predicted molar refractivity (Wildman–Crippen MR) is 116 cm³/mol. The van der Waals surface area contributed by atoms with Crippen molar-refractivity contribution in [2.24, 2.45) is 0 Å². The Hall–Kier alpha value is -2.23. The highest BCUT2D eigenvalue weighted by atomic mass is 79.9. The number of benzene rings is 2. The standard InChI is InChI=1S/C20H24BrN3O4S/c1-13(2)24(4)29(27,28)17-8-5-15(6-9-17)20(26)22-12-19(25)23-16-7-10-18(21)14(3)11-16/h5-11,13H,12H2,1-4H3,(H,22,26)(H,23,25). The van der Waals surface area contributed by atoms with Gasteiger partial charge in [-0.05, 0) is 68.8 Å². The highest BCUT2D eigenvalue weighted by Crippen LogP contribution is 2.20. The van der Waals surface area contributed by atoms with Crippen molar-refractivity contribution < 1.29 is 18.0 Å². The molecular weight excluding hydrogens is 458 g/mol. The molecule has 0 aliphatic rings. The molecule has 0 fully saturated rings. The van der Waals surface area contributed by atoms with Crippen LogP contribution in [0.25, 0.3) is 0 Å². The van der Waals surface area contributed by atoms with Crippen LogP contribution in [0.2, 0.25) is 0 Å². The van der Waals surface area contributed by atoms with Crippen LogP contribution in [0.15, 0.2) is 51.8 Å². The molecule has 2 N–H and O–H groups in total. The molecule has 0 saturated heterocycles. The van der Waals surface area contributed by atoms with Crippen molar-refractivity contribution in [1.82, 2.24) is 9.62 Å². The van der Waals surface area contributed by atoms with Gasteiger partial charge in [-0.2, -0.15) is 4.31 Å². The van der Waals surface area contributed by atoms with Crippen molar-refractivity contribution in [2.45, 2.75) is 31.7 Å². The molecule has 0 aromatic heterocycles. The van der Waals surface area contributed by atoms with Gasteiger partial charge in [0.1, 0.15) is 0 Å². The molecule has 2 amide bonds. The maximum Gasteiger partial charge on any atom is 0.251 e. The van der Waals surface area contributed by atoms with Crippen LogP contribution in [-0.2, 0) is 14.8 Å². The van der Waals surface area contributed by atoms with Crippen LogP contribution in [-0.4, -0.2) is 44.2 Å². The van der Waals surface area contributed by atoms with Crippen LogP contribution in [0.1, 0.15) is 29.8 Å². The molecule has 2 aromatic rings. The third-order valence-corrected chi connectivity index (χ3v) is 7.31. The average molecular weight is 482 g/mol. The number of sulfonamides is 1. The van der Waals surface area contributed by atoms with Crippen LogP contribution in [0.4, 0.5) is 5.69 Å². The quantitative estimate of drug-likeness (QED) is 0.634. The Morgan fingerprint density at radius 1 is 1.10 bits per heavy atom. The number of hydrogen-bond acceptors (Lipinski definition) is 4. The Balaban J connectivity index is 1.97. The smallest absolute Gasteiger partial charge is 0.251 e. The molecule has 2 rings (SSSR count). The number of carbonyl (C=O) groups excluding carboxylic acids is 2. The van der Waals surface area contributed by atoms with Gasteiger partial charge < -0.3 is 10.6 Å². The Kier molecular flexibility index (Phi) is 7.56. The number of anilines is 1. The molecule has 0 saturated carbocycles. The second-order valence-corrected chi connectivity index (χ2v) is 9.69. The predicted octanol–water partition coefficient (Wildman–Crippen LogP) is 3.15. The van der Waals surface area contributed by atoms with Gasteiger partial charge in [0.25, 0.3) is 5.91 Å². The van der Waals surface area contributed by atoms with Crippen molar-refractivity contribution in [3.8, 4) is 0 Å². The van der Waals surface area contributed by atoms with E-state index < -0.39 is 15.9 Å². The minimum absolute atomic E-state index is 0.105. The molecule has 0 heterocycles. The minimum atomic E-state index is -3.61. The van der Waals surface area contributed by atoms with Crippen molar-refractivity contribution in [1.29, 1.82) is 0 Å². The van der Waals surface area contributed by atoms with E-state index in [1.165, 1.54) is 35.6 Å². The van der Waals surface area contributed by atoms with Crippen LogP contribution in [0.3, 0.4) is 0 Å². The third-order valence-electron chi connectivity index (χ3n) is 4.37. The zero-order chi connectivity index (χ0) is 21.8. The van der Waals surface area contributed by atoms with Gasteiger partial charge in [0.05, 0.1) is 11.4 Å². The third kappa shape index (κ3) is 5.88. The van der Waals surface area contributed by atoms with Gasteiger partial charge >= 0.3 is 0 Å². The number of hydrogen-bond donors (Lipinski definition) is 2. The fourth-order valence-electron chi connectivity index (χ4n) is 2.41. The molecule has 0 aliphatic carbocycles. The molecule has 29 heavy (non-hydrogen) atoms. The number of nitrogens with zero attached hydrogens (tertiary/aromatic N) is 1. The Morgan fingerprint density at radius 3 is 2.28 bits per heavy atom. The minimum Gasteiger partial charge on any atom is -0.343 e. The fourth-order valence-corrected chi connectivity index (χ4v) is 4.03. The van der Waals surface area contributed by atoms with Crippen LogP contribution in [0.5, 0.6) is 0 Å². The number of rotatable bonds is 7. The fraction of sp³-hybridized carbons (Fsp3) is 0.300. The first-order chi connectivity index (χ1) is 13.5. The number of halogens is 1.